The lowest BCUT2D eigenvalue weighted by Gasteiger charge is -2.31. The Labute approximate surface area is 124 Å². The van der Waals surface area contributed by atoms with Crippen LogP contribution in [0.1, 0.15) is 26.7 Å². The Kier molecular flexibility index (Phi) is 6.48. The zero-order chi connectivity index (χ0) is 16.2. The molecule has 0 bridgehead atoms. The molecule has 3 N–H and O–H groups in total. The Morgan fingerprint density at radius 2 is 1.86 bits per heavy atom. The Morgan fingerprint density at radius 1 is 1.33 bits per heavy atom. The molecule has 2 unspecified atom stereocenters. The SMILES string of the molecule is CC(N)C(C)C(=O)NCC1CCN(S(=O)(=O)C(F)F)CC1. The van der Waals surface area contributed by atoms with Crippen LogP contribution in [0.4, 0.5) is 8.78 Å². The number of alkyl halides is 2. The topological polar surface area (TPSA) is 92.5 Å². The maximum Gasteiger partial charge on any atom is 0.350 e. The first-order valence-corrected chi connectivity index (χ1v) is 8.47. The van der Waals surface area contributed by atoms with E-state index in [1.807, 2.05) is 0 Å². The predicted octanol–water partition coefficient (Wildman–Crippen LogP) is 0.350. The van der Waals surface area contributed by atoms with Crippen molar-refractivity contribution in [3.05, 3.63) is 0 Å². The standard InChI is InChI=1S/C12H23F2N3O3S/c1-8(9(2)15)11(18)16-7-10-3-5-17(6-4-10)21(19,20)12(13)14/h8-10,12H,3-7,15H2,1-2H3,(H,16,18). The summed E-state index contributed by atoms with van der Waals surface area (Å²) < 4.78 is 48.3. The van der Waals surface area contributed by atoms with Gasteiger partial charge in [-0.05, 0) is 25.7 Å². The number of hydrogen-bond acceptors (Lipinski definition) is 4. The lowest BCUT2D eigenvalue weighted by molar-refractivity contribution is -0.125. The molecule has 0 aliphatic carbocycles. The van der Waals surface area contributed by atoms with Gasteiger partial charge in [0.15, 0.2) is 0 Å². The molecule has 0 aromatic carbocycles. The van der Waals surface area contributed by atoms with Gasteiger partial charge in [-0.1, -0.05) is 6.92 Å². The van der Waals surface area contributed by atoms with Gasteiger partial charge in [0.05, 0.1) is 0 Å². The summed E-state index contributed by atoms with van der Waals surface area (Å²) in [6, 6.07) is -0.247. The van der Waals surface area contributed by atoms with E-state index in [4.69, 9.17) is 5.73 Å². The number of halogens is 2. The Hall–Kier alpha value is -0.800. The number of sulfonamides is 1. The van der Waals surface area contributed by atoms with Crippen molar-refractivity contribution >= 4 is 15.9 Å². The predicted molar refractivity (Wildman–Crippen MR) is 75.0 cm³/mol. The maximum absolute atomic E-state index is 12.4. The van der Waals surface area contributed by atoms with Gasteiger partial charge in [-0.3, -0.25) is 4.79 Å². The normalized spacial score (nSPS) is 21.2. The minimum absolute atomic E-state index is 0.0655. The first-order valence-electron chi connectivity index (χ1n) is 6.96. The first-order chi connectivity index (χ1) is 9.66. The van der Waals surface area contributed by atoms with Crippen LogP contribution in [0.3, 0.4) is 0 Å². The van der Waals surface area contributed by atoms with Gasteiger partial charge in [-0.15, -0.1) is 0 Å². The van der Waals surface area contributed by atoms with Crippen LogP contribution in [0.2, 0.25) is 0 Å². The zero-order valence-corrected chi connectivity index (χ0v) is 13.1. The quantitative estimate of drug-likeness (QED) is 0.736. The highest BCUT2D eigenvalue weighted by Gasteiger charge is 2.34. The van der Waals surface area contributed by atoms with E-state index in [1.165, 1.54) is 0 Å². The molecule has 1 heterocycles. The zero-order valence-electron chi connectivity index (χ0n) is 12.3. The summed E-state index contributed by atoms with van der Waals surface area (Å²) in [6.45, 7) is 4.03. The molecule has 1 aliphatic rings. The Balaban J connectivity index is 2.40. The summed E-state index contributed by atoms with van der Waals surface area (Å²) in [5.41, 5.74) is 5.63. The molecule has 9 heteroatoms. The molecule has 6 nitrogen and oxygen atoms in total. The number of piperidine rings is 1. The lowest BCUT2D eigenvalue weighted by atomic mass is 9.97. The number of nitrogens with one attached hydrogen (secondary N) is 1. The van der Waals surface area contributed by atoms with Crippen LogP contribution in [-0.2, 0) is 14.8 Å². The van der Waals surface area contributed by atoms with Crippen molar-refractivity contribution < 1.29 is 22.0 Å². The number of nitrogens with zero attached hydrogens (tertiary/aromatic N) is 1. The minimum Gasteiger partial charge on any atom is -0.356 e. The van der Waals surface area contributed by atoms with E-state index in [2.05, 4.69) is 5.32 Å². The molecule has 1 aliphatic heterocycles. The van der Waals surface area contributed by atoms with Crippen molar-refractivity contribution in [3.63, 3.8) is 0 Å². The second kappa shape index (κ2) is 7.46. The van der Waals surface area contributed by atoms with Gasteiger partial charge in [0.2, 0.25) is 5.91 Å². The molecule has 21 heavy (non-hydrogen) atoms. The van der Waals surface area contributed by atoms with E-state index >= 15 is 0 Å². The highest BCUT2D eigenvalue weighted by Crippen LogP contribution is 2.22. The molecule has 1 amide bonds. The number of nitrogens with two attached hydrogens (primary N) is 1. The molecule has 1 rings (SSSR count). The average molecular weight is 327 g/mol. The first kappa shape index (κ1) is 18.2. The van der Waals surface area contributed by atoms with Crippen molar-refractivity contribution in [2.24, 2.45) is 17.6 Å². The second-order valence-electron chi connectivity index (χ2n) is 5.54. The molecule has 0 radical (unpaired) electrons. The number of carbonyl (C=O) groups is 1. The van der Waals surface area contributed by atoms with E-state index < -0.39 is 15.8 Å². The summed E-state index contributed by atoms with van der Waals surface area (Å²) in [6.07, 6.45) is 0.914. The van der Waals surface area contributed by atoms with E-state index in [0.29, 0.717) is 19.4 Å². The molecule has 1 fully saturated rings. The largest absolute Gasteiger partial charge is 0.356 e. The van der Waals surface area contributed by atoms with Gasteiger partial charge in [0.1, 0.15) is 0 Å². The van der Waals surface area contributed by atoms with E-state index in [0.717, 1.165) is 4.31 Å². The third kappa shape index (κ3) is 4.86. The van der Waals surface area contributed by atoms with Crippen molar-refractivity contribution in [2.75, 3.05) is 19.6 Å². The van der Waals surface area contributed by atoms with E-state index in [-0.39, 0.29) is 36.9 Å². The van der Waals surface area contributed by atoms with Gasteiger partial charge in [0, 0.05) is 31.6 Å². The molecule has 1 saturated heterocycles. The summed E-state index contributed by atoms with van der Waals surface area (Å²) in [5, 5.41) is 2.77. The van der Waals surface area contributed by atoms with Crippen molar-refractivity contribution in [1.29, 1.82) is 0 Å². The van der Waals surface area contributed by atoms with Crippen LogP contribution >= 0.6 is 0 Å². The second-order valence-corrected chi connectivity index (χ2v) is 7.44. The molecule has 124 valence electrons. The smallest absolute Gasteiger partial charge is 0.350 e. The molecule has 2 atom stereocenters. The fourth-order valence-corrected chi connectivity index (χ4v) is 3.07. The van der Waals surface area contributed by atoms with Crippen LogP contribution in [0.15, 0.2) is 0 Å². The van der Waals surface area contributed by atoms with Crippen LogP contribution in [-0.4, -0.2) is 50.1 Å². The molecular formula is C12H23F2N3O3S. The van der Waals surface area contributed by atoms with Gasteiger partial charge in [-0.2, -0.15) is 13.1 Å². The lowest BCUT2D eigenvalue weighted by Crippen LogP contribution is -2.45. The number of hydrogen-bond donors (Lipinski definition) is 2. The molecule has 0 spiro atoms. The average Bonchev–Trinajstić information content (AvgIpc) is 2.44. The molecule has 0 saturated carbocycles. The van der Waals surface area contributed by atoms with Gasteiger partial charge >= 0.3 is 5.76 Å². The van der Waals surface area contributed by atoms with Crippen molar-refractivity contribution in [3.8, 4) is 0 Å². The highest BCUT2D eigenvalue weighted by atomic mass is 32.2. The van der Waals surface area contributed by atoms with Crippen LogP contribution in [0, 0.1) is 11.8 Å². The van der Waals surface area contributed by atoms with Crippen molar-refractivity contribution in [2.45, 2.75) is 38.5 Å². The molecular weight excluding hydrogens is 304 g/mol. The minimum atomic E-state index is -4.48. The monoisotopic (exact) mass is 327 g/mol. The highest BCUT2D eigenvalue weighted by molar-refractivity contribution is 7.89. The van der Waals surface area contributed by atoms with Crippen molar-refractivity contribution in [1.82, 2.24) is 9.62 Å². The summed E-state index contributed by atoms with van der Waals surface area (Å²) in [4.78, 5) is 11.7. The van der Waals surface area contributed by atoms with Gasteiger partial charge in [0.25, 0.3) is 10.0 Å². The Bertz CT molecular complexity index is 449. The van der Waals surface area contributed by atoms with Crippen LogP contribution in [0.25, 0.3) is 0 Å². The third-order valence-electron chi connectivity index (χ3n) is 3.93. The third-order valence-corrected chi connectivity index (χ3v) is 5.46. The van der Waals surface area contributed by atoms with Crippen LogP contribution in [0.5, 0.6) is 0 Å². The summed E-state index contributed by atoms with van der Waals surface area (Å²) >= 11 is 0. The van der Waals surface area contributed by atoms with Crippen LogP contribution < -0.4 is 11.1 Å². The van der Waals surface area contributed by atoms with Gasteiger partial charge in [-0.25, -0.2) is 8.42 Å². The van der Waals surface area contributed by atoms with Gasteiger partial charge < -0.3 is 11.1 Å². The maximum atomic E-state index is 12.4. The molecule has 0 aromatic heterocycles. The van der Waals surface area contributed by atoms with E-state index in [1.54, 1.807) is 13.8 Å². The summed E-state index contributed by atoms with van der Waals surface area (Å²) in [7, 11) is -4.48. The Morgan fingerprint density at radius 3 is 2.29 bits per heavy atom. The fourth-order valence-electron chi connectivity index (χ4n) is 2.13. The fraction of sp³-hybridized carbons (Fsp3) is 0.917. The number of carbonyl (C=O) groups excluding carboxylic acids is 1. The number of rotatable bonds is 6. The summed E-state index contributed by atoms with van der Waals surface area (Å²) in [5.74, 6) is -3.73. The van der Waals surface area contributed by atoms with E-state index in [9.17, 15) is 22.0 Å². The molecule has 0 aromatic rings. The number of amides is 1.